The molecule has 0 bridgehead atoms. The van der Waals surface area contributed by atoms with Gasteiger partial charge in [0.25, 0.3) is 0 Å². The second-order valence-electron chi connectivity index (χ2n) is 10.3. The lowest BCUT2D eigenvalue weighted by Gasteiger charge is -2.15. The second-order valence-corrected chi connectivity index (χ2v) is 10.3. The molecule has 0 aromatic rings. The molecule has 5 unspecified atom stereocenters. The lowest BCUT2D eigenvalue weighted by Crippen LogP contribution is -2.23. The summed E-state index contributed by atoms with van der Waals surface area (Å²) in [5, 5.41) is 0. The molecule has 4 fully saturated rings. The molecule has 32 heavy (non-hydrogen) atoms. The Kier molecular flexibility index (Phi) is 9.33. The molecule has 0 saturated carbocycles. The Morgan fingerprint density at radius 1 is 0.562 bits per heavy atom. The molecule has 0 aromatic heterocycles. The molecule has 188 valence electrons. The van der Waals surface area contributed by atoms with E-state index in [2.05, 4.69) is 0 Å². The summed E-state index contributed by atoms with van der Waals surface area (Å²) in [5.41, 5.74) is -0.0891. The van der Waals surface area contributed by atoms with Crippen molar-refractivity contribution in [1.29, 1.82) is 0 Å². The van der Waals surface area contributed by atoms with Crippen LogP contribution in [0.3, 0.4) is 0 Å². The molecule has 0 spiro atoms. The van der Waals surface area contributed by atoms with Crippen molar-refractivity contribution in [2.75, 3.05) is 85.9 Å². The summed E-state index contributed by atoms with van der Waals surface area (Å²) in [6.45, 7) is 19.1. The molecule has 4 heterocycles. The van der Waals surface area contributed by atoms with Gasteiger partial charge in [0.1, 0.15) is 22.4 Å². The molecule has 0 amide bonds. The first-order valence-corrected chi connectivity index (χ1v) is 11.6. The van der Waals surface area contributed by atoms with Crippen LogP contribution in [0.2, 0.25) is 0 Å². The Labute approximate surface area is 192 Å². The highest BCUT2D eigenvalue weighted by Crippen LogP contribution is 2.27. The fourth-order valence-electron chi connectivity index (χ4n) is 2.61. The first kappa shape index (κ1) is 26.2. The normalized spacial score (nSPS) is 37.4. The van der Waals surface area contributed by atoms with Crippen molar-refractivity contribution in [2.24, 2.45) is 0 Å². The van der Waals surface area contributed by atoms with Gasteiger partial charge >= 0.3 is 0 Å². The van der Waals surface area contributed by atoms with E-state index in [9.17, 15) is 0 Å². The average molecular weight is 463 g/mol. The second kappa shape index (κ2) is 11.4. The third-order valence-electron chi connectivity index (χ3n) is 5.53. The Balaban J connectivity index is 0.000000186. The fourth-order valence-corrected chi connectivity index (χ4v) is 2.61. The number of hydrogen-bond donors (Lipinski definition) is 0. The van der Waals surface area contributed by atoms with Crippen LogP contribution in [0.1, 0.15) is 34.6 Å². The van der Waals surface area contributed by atoms with E-state index < -0.39 is 0 Å². The van der Waals surface area contributed by atoms with Crippen molar-refractivity contribution in [2.45, 2.75) is 63.1 Å². The maximum atomic E-state index is 5.58. The number of rotatable bonds is 17. The van der Waals surface area contributed by atoms with Crippen LogP contribution in [0.15, 0.2) is 0 Å². The Bertz CT molecular complexity index is 532. The zero-order valence-electron chi connectivity index (χ0n) is 20.4. The summed E-state index contributed by atoms with van der Waals surface area (Å²) in [6.07, 6.45) is 0.0868. The quantitative estimate of drug-likeness (QED) is 0.236. The molecule has 0 aromatic carbocycles. The van der Waals surface area contributed by atoms with Crippen LogP contribution in [0.25, 0.3) is 0 Å². The van der Waals surface area contributed by atoms with Crippen LogP contribution in [0.5, 0.6) is 0 Å². The minimum Gasteiger partial charge on any atom is -0.376 e. The molecule has 4 saturated heterocycles. The van der Waals surface area contributed by atoms with Crippen molar-refractivity contribution in [1.82, 2.24) is 0 Å². The minimum atomic E-state index is -0.0391. The van der Waals surface area contributed by atoms with Gasteiger partial charge in [0, 0.05) is 0 Å². The highest BCUT2D eigenvalue weighted by atomic mass is 16.6. The van der Waals surface area contributed by atoms with Gasteiger partial charge in [-0.15, -0.1) is 0 Å². The van der Waals surface area contributed by atoms with E-state index >= 15 is 0 Å². The van der Waals surface area contributed by atoms with Crippen molar-refractivity contribution in [3.05, 3.63) is 0 Å². The topological polar surface area (TPSA) is 96.3 Å². The summed E-state index contributed by atoms with van der Waals surface area (Å²) < 4.78 is 48.2. The Hall–Kier alpha value is -0.360. The van der Waals surface area contributed by atoms with Crippen LogP contribution in [0.4, 0.5) is 0 Å². The highest BCUT2D eigenvalue weighted by Gasteiger charge is 2.41. The molecular formula is C23H42O9. The van der Waals surface area contributed by atoms with Gasteiger partial charge in [-0.25, -0.2) is 0 Å². The van der Waals surface area contributed by atoms with Gasteiger partial charge in [-0.1, -0.05) is 0 Å². The Morgan fingerprint density at radius 3 is 1.22 bits per heavy atom. The van der Waals surface area contributed by atoms with Gasteiger partial charge in [0.15, 0.2) is 0 Å². The largest absolute Gasteiger partial charge is 0.376 e. The smallest absolute Gasteiger partial charge is 0.112 e. The van der Waals surface area contributed by atoms with E-state index in [1.807, 2.05) is 34.6 Å². The van der Waals surface area contributed by atoms with Crippen molar-refractivity contribution in [3.63, 3.8) is 0 Å². The monoisotopic (exact) mass is 462 g/mol. The van der Waals surface area contributed by atoms with E-state index in [-0.39, 0.29) is 28.5 Å². The maximum Gasteiger partial charge on any atom is 0.112 e. The van der Waals surface area contributed by atoms with Gasteiger partial charge < -0.3 is 42.6 Å². The van der Waals surface area contributed by atoms with E-state index in [0.29, 0.717) is 59.5 Å². The summed E-state index contributed by atoms with van der Waals surface area (Å²) in [5.74, 6) is 0. The first-order chi connectivity index (χ1) is 15.1. The molecule has 4 aliphatic heterocycles. The number of epoxide rings is 4. The first-order valence-electron chi connectivity index (χ1n) is 11.6. The van der Waals surface area contributed by atoms with Crippen molar-refractivity contribution < 1.29 is 42.6 Å². The molecule has 4 aliphatic rings. The molecule has 0 N–H and O–H groups in total. The highest BCUT2D eigenvalue weighted by molar-refractivity contribution is 4.88. The summed E-state index contributed by atoms with van der Waals surface area (Å²) in [4.78, 5) is 0. The van der Waals surface area contributed by atoms with Crippen LogP contribution in [0, 0.1) is 0 Å². The zero-order valence-corrected chi connectivity index (χ0v) is 20.4. The minimum absolute atomic E-state index is 0.00835. The van der Waals surface area contributed by atoms with Crippen molar-refractivity contribution in [3.8, 4) is 0 Å². The third kappa shape index (κ3) is 11.2. The zero-order chi connectivity index (χ0) is 23.1. The van der Waals surface area contributed by atoms with Crippen molar-refractivity contribution >= 4 is 0 Å². The van der Waals surface area contributed by atoms with E-state index in [1.54, 1.807) is 0 Å². The van der Waals surface area contributed by atoms with E-state index in [0.717, 1.165) is 26.4 Å². The van der Waals surface area contributed by atoms with Crippen LogP contribution in [-0.2, 0) is 42.6 Å². The van der Waals surface area contributed by atoms with E-state index in [4.69, 9.17) is 42.6 Å². The summed E-state index contributed by atoms with van der Waals surface area (Å²) >= 11 is 0. The maximum absolute atomic E-state index is 5.58. The predicted molar refractivity (Wildman–Crippen MR) is 116 cm³/mol. The molecule has 5 atom stereocenters. The molecule has 0 aliphatic carbocycles. The lowest BCUT2D eigenvalue weighted by molar-refractivity contribution is -0.0408. The van der Waals surface area contributed by atoms with Crippen LogP contribution < -0.4 is 0 Å². The predicted octanol–water partition coefficient (Wildman–Crippen LogP) is 1.60. The number of ether oxygens (including phenoxy) is 9. The summed E-state index contributed by atoms with van der Waals surface area (Å²) in [7, 11) is 0. The van der Waals surface area contributed by atoms with Crippen LogP contribution >= 0.6 is 0 Å². The SMILES string of the molecule is CC(COCC1(C)CO1)OCCOCC1(C)CO1.CC1(COCCOCC2(C)CO2)CO1. The molecule has 9 nitrogen and oxygen atoms in total. The van der Waals surface area contributed by atoms with E-state index in [1.165, 1.54) is 0 Å². The molecular weight excluding hydrogens is 420 g/mol. The Morgan fingerprint density at radius 2 is 0.875 bits per heavy atom. The average Bonchev–Trinajstić information content (AvgIpc) is 3.54. The van der Waals surface area contributed by atoms with Gasteiger partial charge in [-0.05, 0) is 34.6 Å². The fraction of sp³-hybridized carbons (Fsp3) is 1.00. The lowest BCUT2D eigenvalue weighted by atomic mass is 10.2. The van der Waals surface area contributed by atoms with Gasteiger partial charge in [0.2, 0.25) is 0 Å². The number of hydrogen-bond acceptors (Lipinski definition) is 9. The molecule has 9 heteroatoms. The summed E-state index contributed by atoms with van der Waals surface area (Å²) in [6, 6.07) is 0. The van der Waals surface area contributed by atoms with Gasteiger partial charge in [-0.3, -0.25) is 0 Å². The van der Waals surface area contributed by atoms with Gasteiger partial charge in [-0.2, -0.15) is 0 Å². The standard InChI is InChI=1S/C13H24O5.C10H18O4/c1-11(6-15-8-13(3)10-18-13)16-5-4-14-7-12(2)9-17-12;1-9(7-13-9)5-11-3-4-12-6-10(2)8-14-10/h11H,4-10H2,1-3H3;3-8H2,1-2H3. The molecule has 0 radical (unpaired) electrons. The van der Waals surface area contributed by atoms with Gasteiger partial charge in [0.05, 0.1) is 92.0 Å². The van der Waals surface area contributed by atoms with Crippen LogP contribution in [-0.4, -0.2) is 114 Å². The molecule has 4 rings (SSSR count). The third-order valence-corrected chi connectivity index (χ3v) is 5.53.